The number of nitrogens with one attached hydrogen (secondary N) is 3. The van der Waals surface area contributed by atoms with E-state index in [9.17, 15) is 14.7 Å². The minimum atomic E-state index is -0.408. The van der Waals surface area contributed by atoms with Crippen molar-refractivity contribution in [3.8, 4) is 17.0 Å². The molecule has 0 unspecified atom stereocenters. The fourth-order valence-corrected chi connectivity index (χ4v) is 4.93. The molecule has 2 heterocycles. The molecule has 0 bridgehead atoms. The fraction of sp³-hybridized carbons (Fsp3) is 0.250. The van der Waals surface area contributed by atoms with Gasteiger partial charge < -0.3 is 15.7 Å². The smallest absolute Gasteiger partial charge is 0.274 e. The van der Waals surface area contributed by atoms with Crippen LogP contribution in [0.15, 0.2) is 24.3 Å². The number of aromatic amines is 1. The number of phenolic OH excluding ortho intramolecular Hbond substituents is 1. The molecule has 0 saturated carbocycles. The summed E-state index contributed by atoms with van der Waals surface area (Å²) in [5.41, 5.74) is 2.61. The molecule has 4 N–H and O–H groups in total. The first-order valence-corrected chi connectivity index (χ1v) is 10.4. The van der Waals surface area contributed by atoms with Crippen LogP contribution in [0.1, 0.15) is 44.1 Å². The predicted octanol–water partition coefficient (Wildman–Crippen LogP) is 3.99. The van der Waals surface area contributed by atoms with Crippen molar-refractivity contribution >= 4 is 39.8 Å². The molecule has 2 amide bonds. The number of benzene rings is 1. The number of H-pyrrole nitrogens is 1. The predicted molar refractivity (Wildman–Crippen MR) is 113 cm³/mol. The summed E-state index contributed by atoms with van der Waals surface area (Å²) in [5, 5.41) is 23.3. The minimum Gasteiger partial charge on any atom is -0.507 e. The number of halogens is 1. The van der Waals surface area contributed by atoms with Crippen LogP contribution in [0.4, 0.5) is 5.00 Å². The summed E-state index contributed by atoms with van der Waals surface area (Å²) in [6.07, 6.45) is 3.88. The van der Waals surface area contributed by atoms with Crippen LogP contribution >= 0.6 is 22.9 Å². The second-order valence-corrected chi connectivity index (χ2v) is 8.32. The number of hydrogen-bond acceptors (Lipinski definition) is 5. The number of aromatic nitrogens is 2. The molecule has 1 aliphatic rings. The Balaban J connectivity index is 1.62. The highest BCUT2D eigenvalue weighted by atomic mass is 35.5. The first-order chi connectivity index (χ1) is 14.0. The standard InChI is InChI=1S/C20H19ClN4O3S/c1-22-19(28)17-11-4-2-3-5-16(11)29-20(17)23-18(27)14-9-13(24-25-14)12-8-10(21)6-7-15(12)26/h6-9,26H,2-5H2,1H3,(H,22,28)(H,23,27)(H,24,25). The first-order valence-electron chi connectivity index (χ1n) is 9.20. The number of carbonyl (C=O) groups is 2. The molecule has 29 heavy (non-hydrogen) atoms. The van der Waals surface area contributed by atoms with Crippen molar-refractivity contribution < 1.29 is 14.7 Å². The molecule has 1 aromatic carbocycles. The van der Waals surface area contributed by atoms with Gasteiger partial charge in [-0.2, -0.15) is 5.10 Å². The lowest BCUT2D eigenvalue weighted by atomic mass is 9.95. The maximum atomic E-state index is 12.8. The SMILES string of the molecule is CNC(=O)c1c(NC(=O)c2cc(-c3cc(Cl)ccc3O)n[nH]2)sc2c1CCCC2. The Labute approximate surface area is 176 Å². The third-order valence-corrected chi connectivity index (χ3v) is 6.35. The maximum Gasteiger partial charge on any atom is 0.274 e. The lowest BCUT2D eigenvalue weighted by Crippen LogP contribution is -2.22. The van der Waals surface area contributed by atoms with Crippen molar-refractivity contribution in [2.45, 2.75) is 25.7 Å². The number of hydrogen-bond donors (Lipinski definition) is 4. The normalized spacial score (nSPS) is 13.0. The zero-order chi connectivity index (χ0) is 20.5. The van der Waals surface area contributed by atoms with Crippen LogP contribution in [0.25, 0.3) is 11.3 Å². The molecular weight excluding hydrogens is 412 g/mol. The summed E-state index contributed by atoms with van der Waals surface area (Å²) in [4.78, 5) is 26.4. The number of amides is 2. The van der Waals surface area contributed by atoms with Gasteiger partial charge in [-0.3, -0.25) is 14.7 Å². The molecule has 150 valence electrons. The van der Waals surface area contributed by atoms with Gasteiger partial charge in [-0.15, -0.1) is 11.3 Å². The maximum absolute atomic E-state index is 12.8. The van der Waals surface area contributed by atoms with E-state index in [0.29, 0.717) is 26.8 Å². The van der Waals surface area contributed by atoms with Gasteiger partial charge >= 0.3 is 0 Å². The monoisotopic (exact) mass is 430 g/mol. The number of fused-ring (bicyclic) bond motifs is 1. The topological polar surface area (TPSA) is 107 Å². The number of carbonyl (C=O) groups excluding carboxylic acids is 2. The van der Waals surface area contributed by atoms with E-state index in [-0.39, 0.29) is 17.4 Å². The Kier molecular flexibility index (Phi) is 5.29. The molecule has 4 rings (SSSR count). The quantitative estimate of drug-likeness (QED) is 0.502. The number of aryl methyl sites for hydroxylation is 1. The van der Waals surface area contributed by atoms with Crippen molar-refractivity contribution in [3.05, 3.63) is 51.0 Å². The molecular formula is C20H19ClN4O3S. The zero-order valence-corrected chi connectivity index (χ0v) is 17.2. The van der Waals surface area contributed by atoms with Crippen LogP contribution in [0, 0.1) is 0 Å². The molecule has 3 aromatic rings. The summed E-state index contributed by atoms with van der Waals surface area (Å²) < 4.78 is 0. The van der Waals surface area contributed by atoms with E-state index in [4.69, 9.17) is 11.6 Å². The van der Waals surface area contributed by atoms with Gasteiger partial charge in [0.1, 0.15) is 16.4 Å². The minimum absolute atomic E-state index is 0.0145. The van der Waals surface area contributed by atoms with Gasteiger partial charge in [-0.1, -0.05) is 11.6 Å². The van der Waals surface area contributed by atoms with E-state index >= 15 is 0 Å². The summed E-state index contributed by atoms with van der Waals surface area (Å²) in [6, 6.07) is 6.15. The highest BCUT2D eigenvalue weighted by Gasteiger charge is 2.26. The molecule has 0 fully saturated rings. The number of aromatic hydroxyl groups is 1. The van der Waals surface area contributed by atoms with Gasteiger partial charge in [0, 0.05) is 22.5 Å². The third-order valence-electron chi connectivity index (χ3n) is 4.91. The molecule has 7 nitrogen and oxygen atoms in total. The lowest BCUT2D eigenvalue weighted by Gasteiger charge is -2.12. The molecule has 1 aliphatic carbocycles. The Morgan fingerprint density at radius 3 is 2.79 bits per heavy atom. The number of phenols is 1. The van der Waals surface area contributed by atoms with Crippen LogP contribution in [0.2, 0.25) is 5.02 Å². The molecule has 9 heteroatoms. The van der Waals surface area contributed by atoms with Crippen LogP contribution < -0.4 is 10.6 Å². The van der Waals surface area contributed by atoms with Gasteiger partial charge in [0.2, 0.25) is 0 Å². The van der Waals surface area contributed by atoms with Crippen molar-refractivity contribution in [3.63, 3.8) is 0 Å². The highest BCUT2D eigenvalue weighted by molar-refractivity contribution is 7.17. The summed E-state index contributed by atoms with van der Waals surface area (Å²) >= 11 is 7.44. The Bertz CT molecular complexity index is 1110. The molecule has 0 radical (unpaired) electrons. The van der Waals surface area contributed by atoms with Gasteiger partial charge in [0.05, 0.1) is 11.3 Å². The first kappa shape index (κ1) is 19.5. The summed E-state index contributed by atoms with van der Waals surface area (Å²) in [6.45, 7) is 0. The van der Waals surface area contributed by atoms with E-state index in [1.807, 2.05) is 0 Å². The number of anilines is 1. The van der Waals surface area contributed by atoms with Crippen molar-refractivity contribution in [2.75, 3.05) is 12.4 Å². The van der Waals surface area contributed by atoms with Crippen molar-refractivity contribution in [2.24, 2.45) is 0 Å². The highest BCUT2D eigenvalue weighted by Crippen LogP contribution is 2.38. The van der Waals surface area contributed by atoms with E-state index < -0.39 is 5.91 Å². The van der Waals surface area contributed by atoms with Gasteiger partial charge in [0.15, 0.2) is 0 Å². The number of rotatable bonds is 4. The Morgan fingerprint density at radius 2 is 2.00 bits per heavy atom. The molecule has 0 spiro atoms. The molecule has 0 atom stereocenters. The average Bonchev–Trinajstić information content (AvgIpc) is 3.34. The molecule has 0 saturated heterocycles. The average molecular weight is 431 g/mol. The lowest BCUT2D eigenvalue weighted by molar-refractivity contribution is 0.0963. The van der Waals surface area contributed by atoms with Crippen LogP contribution in [-0.2, 0) is 12.8 Å². The molecule has 0 aliphatic heterocycles. The number of nitrogens with zero attached hydrogens (tertiary/aromatic N) is 1. The van der Waals surface area contributed by atoms with Gasteiger partial charge in [0.25, 0.3) is 11.8 Å². The van der Waals surface area contributed by atoms with Crippen LogP contribution in [-0.4, -0.2) is 34.2 Å². The van der Waals surface area contributed by atoms with E-state index in [1.165, 1.54) is 23.5 Å². The van der Waals surface area contributed by atoms with Crippen LogP contribution in [0.3, 0.4) is 0 Å². The fourth-order valence-electron chi connectivity index (χ4n) is 3.48. The van der Waals surface area contributed by atoms with Gasteiger partial charge in [-0.25, -0.2) is 0 Å². The third kappa shape index (κ3) is 3.73. The van der Waals surface area contributed by atoms with E-state index in [2.05, 4.69) is 20.8 Å². The summed E-state index contributed by atoms with van der Waals surface area (Å²) in [7, 11) is 1.58. The van der Waals surface area contributed by atoms with Gasteiger partial charge in [-0.05, 0) is 55.5 Å². The van der Waals surface area contributed by atoms with Crippen LogP contribution in [0.5, 0.6) is 5.75 Å². The second-order valence-electron chi connectivity index (χ2n) is 6.78. The number of thiophene rings is 1. The van der Waals surface area contributed by atoms with E-state index in [0.717, 1.165) is 36.1 Å². The second kappa shape index (κ2) is 7.88. The van der Waals surface area contributed by atoms with Crippen molar-refractivity contribution in [1.29, 1.82) is 0 Å². The van der Waals surface area contributed by atoms with Crippen molar-refractivity contribution in [1.82, 2.24) is 15.5 Å². The summed E-state index contributed by atoms with van der Waals surface area (Å²) in [5.74, 6) is -0.594. The van der Waals surface area contributed by atoms with E-state index in [1.54, 1.807) is 19.2 Å². The zero-order valence-electron chi connectivity index (χ0n) is 15.6. The Morgan fingerprint density at radius 1 is 1.21 bits per heavy atom. The largest absolute Gasteiger partial charge is 0.507 e. The molecule has 2 aromatic heterocycles. The Hall–Kier alpha value is -2.84.